The molecule has 0 saturated heterocycles. The fraction of sp³-hybridized carbons (Fsp3) is 0.353. The molecule has 1 N–H and O–H groups in total. The highest BCUT2D eigenvalue weighted by Gasteiger charge is 2.40. The lowest BCUT2D eigenvalue weighted by Crippen LogP contribution is -2.33. The van der Waals surface area contributed by atoms with E-state index in [1.807, 2.05) is 0 Å². The summed E-state index contributed by atoms with van der Waals surface area (Å²) >= 11 is 0. The first-order valence-electron chi connectivity index (χ1n) is 7.69. The number of carbonyl (C=O) groups is 1. The van der Waals surface area contributed by atoms with Crippen LogP contribution in [-0.4, -0.2) is 20.5 Å². The number of dihydropyridines is 1. The zero-order valence-electron chi connectivity index (χ0n) is 13.6. The van der Waals surface area contributed by atoms with Crippen molar-refractivity contribution in [2.75, 3.05) is 6.26 Å². The number of carbonyl (C=O) groups excluding carboxylic acids is 1. The molecule has 0 aromatic heterocycles. The second-order valence-electron chi connectivity index (χ2n) is 6.29. The number of hydrogen-bond donors (Lipinski definition) is 1. The Kier molecular flexibility index (Phi) is 4.26. The van der Waals surface area contributed by atoms with E-state index in [0.717, 1.165) is 18.4 Å². The highest BCUT2D eigenvalue weighted by molar-refractivity contribution is 7.94. The van der Waals surface area contributed by atoms with Gasteiger partial charge in [-0.05, 0) is 37.5 Å². The summed E-state index contributed by atoms with van der Waals surface area (Å²) in [4.78, 5) is 12.3. The average Bonchev–Trinajstić information content (AvgIpc) is 2.49. The Bertz CT molecular complexity index is 925. The fourth-order valence-electron chi connectivity index (χ4n) is 3.52. The fourth-order valence-corrected chi connectivity index (χ4v) is 4.81. The van der Waals surface area contributed by atoms with Gasteiger partial charge in [0, 0.05) is 29.6 Å². The van der Waals surface area contributed by atoms with E-state index in [9.17, 15) is 26.4 Å². The number of Topliss-reactive ketones (excluding diaryl/α,β-unsaturated/α-hetero) is 1. The first-order chi connectivity index (χ1) is 11.6. The maximum absolute atomic E-state index is 13.7. The van der Waals surface area contributed by atoms with Crippen LogP contribution in [0.2, 0.25) is 0 Å². The number of sulfone groups is 1. The molecule has 1 atom stereocenters. The monoisotopic (exact) mass is 371 g/mol. The molecule has 2 aliphatic rings. The van der Waals surface area contributed by atoms with E-state index in [-0.39, 0.29) is 28.2 Å². The van der Waals surface area contributed by atoms with Gasteiger partial charge in [-0.25, -0.2) is 21.6 Å². The van der Waals surface area contributed by atoms with Crippen LogP contribution in [0.15, 0.2) is 34.0 Å². The van der Waals surface area contributed by atoms with Crippen LogP contribution in [0.5, 0.6) is 0 Å². The zero-order valence-corrected chi connectivity index (χ0v) is 14.4. The summed E-state index contributed by atoms with van der Waals surface area (Å²) in [6.45, 7) is 1.53. The molecular formula is C17H16F3NO3S. The van der Waals surface area contributed by atoms with Crippen LogP contribution in [0, 0.1) is 17.5 Å². The number of rotatable bonds is 2. The number of ketones is 1. The van der Waals surface area contributed by atoms with Gasteiger partial charge >= 0.3 is 0 Å². The van der Waals surface area contributed by atoms with Crippen LogP contribution in [0.4, 0.5) is 13.2 Å². The summed E-state index contributed by atoms with van der Waals surface area (Å²) in [5.41, 5.74) is 0.936. The maximum atomic E-state index is 13.7. The third-order valence-electron chi connectivity index (χ3n) is 4.45. The van der Waals surface area contributed by atoms with Gasteiger partial charge in [-0.15, -0.1) is 0 Å². The van der Waals surface area contributed by atoms with Crippen molar-refractivity contribution >= 4 is 15.6 Å². The summed E-state index contributed by atoms with van der Waals surface area (Å²) in [6.07, 6.45) is 2.32. The van der Waals surface area contributed by atoms with Crippen molar-refractivity contribution in [1.29, 1.82) is 0 Å². The lowest BCUT2D eigenvalue weighted by molar-refractivity contribution is -0.116. The van der Waals surface area contributed by atoms with E-state index >= 15 is 0 Å². The number of nitrogens with one attached hydrogen (secondary N) is 1. The molecule has 4 nitrogen and oxygen atoms in total. The van der Waals surface area contributed by atoms with Crippen LogP contribution in [-0.2, 0) is 14.6 Å². The molecule has 25 heavy (non-hydrogen) atoms. The smallest absolute Gasteiger partial charge is 0.194 e. The van der Waals surface area contributed by atoms with Crippen molar-refractivity contribution in [3.05, 3.63) is 57.0 Å². The third-order valence-corrected chi connectivity index (χ3v) is 5.79. The predicted molar refractivity (Wildman–Crippen MR) is 85.6 cm³/mol. The van der Waals surface area contributed by atoms with E-state index in [2.05, 4.69) is 5.32 Å². The van der Waals surface area contributed by atoms with E-state index in [1.165, 1.54) is 6.92 Å². The molecule has 0 radical (unpaired) electrons. The van der Waals surface area contributed by atoms with Crippen molar-refractivity contribution in [2.24, 2.45) is 0 Å². The summed E-state index contributed by atoms with van der Waals surface area (Å²) in [6, 6.07) is 1.50. The van der Waals surface area contributed by atoms with Gasteiger partial charge in [0.1, 0.15) is 0 Å². The van der Waals surface area contributed by atoms with E-state index in [0.29, 0.717) is 24.2 Å². The first-order valence-corrected chi connectivity index (χ1v) is 9.59. The second kappa shape index (κ2) is 6.01. The van der Waals surface area contributed by atoms with Crippen molar-refractivity contribution in [3.8, 4) is 0 Å². The molecule has 1 aromatic rings. The molecule has 0 bridgehead atoms. The van der Waals surface area contributed by atoms with Crippen LogP contribution in [0.25, 0.3) is 0 Å². The van der Waals surface area contributed by atoms with Gasteiger partial charge in [0.05, 0.1) is 10.8 Å². The minimum absolute atomic E-state index is 0.0968. The van der Waals surface area contributed by atoms with Crippen molar-refractivity contribution < 1.29 is 26.4 Å². The minimum Gasteiger partial charge on any atom is -0.361 e. The number of halogens is 3. The molecular weight excluding hydrogens is 355 g/mol. The van der Waals surface area contributed by atoms with Crippen LogP contribution < -0.4 is 5.32 Å². The molecule has 0 saturated carbocycles. The molecule has 3 rings (SSSR count). The number of benzene rings is 1. The zero-order chi connectivity index (χ0) is 18.5. The summed E-state index contributed by atoms with van der Waals surface area (Å²) < 4.78 is 65.4. The Hall–Kier alpha value is -2.09. The second-order valence-corrected chi connectivity index (χ2v) is 8.27. The van der Waals surface area contributed by atoms with Gasteiger partial charge in [-0.1, -0.05) is 0 Å². The molecule has 1 heterocycles. The standard InChI is InChI=1S/C17H16F3NO3S/c1-8-17(25(2,23)24)14(9-6-10(18)16(20)11(19)7-9)15-12(21-8)4-3-5-13(15)22/h6-7,14,21H,3-5H2,1-2H3. The van der Waals surface area contributed by atoms with Gasteiger partial charge in [0.2, 0.25) is 0 Å². The van der Waals surface area contributed by atoms with Gasteiger partial charge in [0.25, 0.3) is 0 Å². The van der Waals surface area contributed by atoms with Crippen molar-refractivity contribution in [2.45, 2.75) is 32.1 Å². The Morgan fingerprint density at radius 1 is 1.12 bits per heavy atom. The minimum atomic E-state index is -3.79. The van der Waals surface area contributed by atoms with Gasteiger partial charge in [0.15, 0.2) is 33.1 Å². The topological polar surface area (TPSA) is 63.2 Å². The molecule has 0 amide bonds. The molecule has 0 spiro atoms. The molecule has 0 fully saturated rings. The Morgan fingerprint density at radius 2 is 1.72 bits per heavy atom. The highest BCUT2D eigenvalue weighted by atomic mass is 32.2. The van der Waals surface area contributed by atoms with E-state index in [4.69, 9.17) is 0 Å². The van der Waals surface area contributed by atoms with Crippen molar-refractivity contribution in [3.63, 3.8) is 0 Å². The maximum Gasteiger partial charge on any atom is 0.194 e. The lowest BCUT2D eigenvalue weighted by Gasteiger charge is -2.34. The molecule has 1 aliphatic carbocycles. The largest absolute Gasteiger partial charge is 0.361 e. The quantitative estimate of drug-likeness (QED) is 0.812. The Labute approximate surface area is 143 Å². The molecule has 1 aromatic carbocycles. The van der Waals surface area contributed by atoms with Gasteiger partial charge < -0.3 is 5.32 Å². The molecule has 8 heteroatoms. The highest BCUT2D eigenvalue weighted by Crippen LogP contribution is 2.44. The average molecular weight is 371 g/mol. The SMILES string of the molecule is CC1=C(S(C)(=O)=O)C(c2cc(F)c(F)c(F)c2)C2=C(CCCC2=O)N1. The summed E-state index contributed by atoms with van der Waals surface area (Å²) in [5.74, 6) is -5.92. The third kappa shape index (κ3) is 2.99. The Morgan fingerprint density at radius 3 is 2.28 bits per heavy atom. The van der Waals surface area contributed by atoms with Gasteiger partial charge in [-0.2, -0.15) is 0 Å². The number of hydrogen-bond acceptors (Lipinski definition) is 4. The number of allylic oxidation sites excluding steroid dienone is 4. The van der Waals surface area contributed by atoms with Crippen LogP contribution >= 0.6 is 0 Å². The normalized spacial score (nSPS) is 21.3. The van der Waals surface area contributed by atoms with E-state index in [1.54, 1.807) is 0 Å². The Balaban J connectivity index is 2.31. The lowest BCUT2D eigenvalue weighted by atomic mass is 9.79. The summed E-state index contributed by atoms with van der Waals surface area (Å²) in [5, 5.41) is 2.94. The van der Waals surface area contributed by atoms with Crippen LogP contribution in [0.3, 0.4) is 0 Å². The molecule has 134 valence electrons. The predicted octanol–water partition coefficient (Wildman–Crippen LogP) is 3.07. The van der Waals surface area contributed by atoms with Crippen LogP contribution in [0.1, 0.15) is 37.7 Å². The molecule has 1 aliphatic heterocycles. The van der Waals surface area contributed by atoms with E-state index < -0.39 is 33.2 Å². The summed E-state index contributed by atoms with van der Waals surface area (Å²) in [7, 11) is -3.79. The van der Waals surface area contributed by atoms with Crippen molar-refractivity contribution in [1.82, 2.24) is 5.32 Å². The molecule has 1 unspecified atom stereocenters. The van der Waals surface area contributed by atoms with Gasteiger partial charge in [-0.3, -0.25) is 4.79 Å². The first kappa shape index (κ1) is 17.7.